The summed E-state index contributed by atoms with van der Waals surface area (Å²) in [6.07, 6.45) is 8.82. The van der Waals surface area contributed by atoms with Gasteiger partial charge < -0.3 is 27.5 Å². The third-order valence-corrected chi connectivity index (χ3v) is 7.55. The molecule has 2 N–H and O–H groups in total. The molecular formula is C27H32BrN3O2. The molecule has 174 valence electrons. The molecule has 1 saturated heterocycles. The minimum atomic E-state index is -0.822. The van der Waals surface area contributed by atoms with Crippen molar-refractivity contribution >= 4 is 5.91 Å². The Bertz CT molecular complexity index is 1040. The highest BCUT2D eigenvalue weighted by Crippen LogP contribution is 2.49. The Kier molecular flexibility index (Phi) is 7.05. The van der Waals surface area contributed by atoms with Crippen LogP contribution in [0, 0.1) is 12.8 Å². The largest absolute Gasteiger partial charge is 1.00 e. The molecule has 0 radical (unpaired) electrons. The first kappa shape index (κ1) is 23.7. The van der Waals surface area contributed by atoms with Crippen molar-refractivity contribution in [1.29, 1.82) is 0 Å². The molecule has 2 aliphatic rings. The summed E-state index contributed by atoms with van der Waals surface area (Å²) in [5.74, 6) is 1.15. The zero-order valence-electron chi connectivity index (χ0n) is 19.1. The van der Waals surface area contributed by atoms with Crippen LogP contribution in [0.15, 0.2) is 73.1 Å². The molecule has 0 spiro atoms. The fraction of sp³-hybridized carbons (Fsp3) is 0.407. The number of amides is 1. The molecule has 0 bridgehead atoms. The van der Waals surface area contributed by atoms with Crippen LogP contribution in [0.25, 0.3) is 0 Å². The number of halogens is 1. The topological polar surface area (TPSA) is 64.4 Å². The van der Waals surface area contributed by atoms with Crippen LogP contribution in [0.1, 0.15) is 48.7 Å². The number of rotatable bonds is 8. The summed E-state index contributed by atoms with van der Waals surface area (Å²) in [5, 5.41) is 0. The van der Waals surface area contributed by atoms with Gasteiger partial charge in [0.25, 0.3) is 5.82 Å². The molecule has 1 saturated carbocycles. The van der Waals surface area contributed by atoms with E-state index in [1.54, 1.807) is 0 Å². The monoisotopic (exact) mass is 509 g/mol. The van der Waals surface area contributed by atoms with E-state index >= 15 is 0 Å². The SMILES string of the molecule is Cc1n(C2CCC(C(C(N)=O)(c3ccccc3)c3ccccc3)C2)cc[n+]1CCC1CO1.[Br-]. The van der Waals surface area contributed by atoms with Gasteiger partial charge >= 0.3 is 0 Å². The molecule has 1 amide bonds. The Labute approximate surface area is 206 Å². The van der Waals surface area contributed by atoms with Crippen LogP contribution >= 0.6 is 0 Å². The maximum Gasteiger partial charge on any atom is 0.253 e. The highest BCUT2D eigenvalue weighted by atomic mass is 79.9. The summed E-state index contributed by atoms with van der Waals surface area (Å²) in [6.45, 7) is 4.08. The van der Waals surface area contributed by atoms with Gasteiger partial charge in [-0.2, -0.15) is 0 Å². The predicted octanol–water partition coefficient (Wildman–Crippen LogP) is 0.690. The van der Waals surface area contributed by atoms with Crippen LogP contribution in [0.3, 0.4) is 0 Å². The van der Waals surface area contributed by atoms with Crippen LogP contribution < -0.4 is 27.3 Å². The van der Waals surface area contributed by atoms with Crippen molar-refractivity contribution in [2.24, 2.45) is 11.7 Å². The quantitative estimate of drug-likeness (QED) is 0.358. The summed E-state index contributed by atoms with van der Waals surface area (Å²) < 4.78 is 10.1. The Morgan fingerprint density at radius 3 is 2.24 bits per heavy atom. The first-order valence-electron chi connectivity index (χ1n) is 11.7. The third-order valence-electron chi connectivity index (χ3n) is 7.55. The second-order valence-corrected chi connectivity index (χ2v) is 9.26. The van der Waals surface area contributed by atoms with E-state index in [4.69, 9.17) is 10.5 Å². The molecule has 1 aromatic heterocycles. The van der Waals surface area contributed by atoms with Gasteiger partial charge in [0, 0.05) is 13.3 Å². The highest BCUT2D eigenvalue weighted by Gasteiger charge is 2.51. The van der Waals surface area contributed by atoms with E-state index in [1.807, 2.05) is 36.4 Å². The number of imidazole rings is 1. The number of primary amides is 1. The second-order valence-electron chi connectivity index (χ2n) is 9.26. The van der Waals surface area contributed by atoms with Crippen LogP contribution in [0.4, 0.5) is 0 Å². The van der Waals surface area contributed by atoms with Gasteiger partial charge in [-0.15, -0.1) is 0 Å². The first-order valence-corrected chi connectivity index (χ1v) is 11.7. The van der Waals surface area contributed by atoms with E-state index in [2.05, 4.69) is 52.7 Å². The number of nitrogens with zero attached hydrogens (tertiary/aromatic N) is 2. The Morgan fingerprint density at radius 1 is 1.09 bits per heavy atom. The minimum absolute atomic E-state index is 0. The molecule has 1 aliphatic carbocycles. The molecule has 3 atom stereocenters. The van der Waals surface area contributed by atoms with E-state index in [0.29, 0.717) is 12.1 Å². The number of ether oxygens (including phenoxy) is 1. The van der Waals surface area contributed by atoms with Crippen molar-refractivity contribution in [3.05, 3.63) is 90.0 Å². The van der Waals surface area contributed by atoms with Crippen LogP contribution in [-0.2, 0) is 21.5 Å². The van der Waals surface area contributed by atoms with Crippen LogP contribution in [0.5, 0.6) is 0 Å². The molecule has 3 unspecified atom stereocenters. The fourth-order valence-electron chi connectivity index (χ4n) is 5.79. The number of carbonyl (C=O) groups is 1. The summed E-state index contributed by atoms with van der Waals surface area (Å²) in [4.78, 5) is 13.3. The Hall–Kier alpha value is -2.44. The molecule has 2 fully saturated rings. The van der Waals surface area contributed by atoms with Gasteiger partial charge in [0.1, 0.15) is 23.9 Å². The highest BCUT2D eigenvalue weighted by molar-refractivity contribution is 5.91. The lowest BCUT2D eigenvalue weighted by molar-refractivity contribution is -0.703. The van der Waals surface area contributed by atoms with Gasteiger partial charge in [0.05, 0.1) is 19.3 Å². The molecular weight excluding hydrogens is 478 g/mol. The smallest absolute Gasteiger partial charge is 0.253 e. The lowest BCUT2D eigenvalue weighted by Crippen LogP contribution is -3.00. The Morgan fingerprint density at radius 2 is 1.70 bits per heavy atom. The summed E-state index contributed by atoms with van der Waals surface area (Å²) in [5.41, 5.74) is 7.41. The number of aryl methyl sites for hydroxylation is 1. The number of benzene rings is 2. The predicted molar refractivity (Wildman–Crippen MR) is 123 cm³/mol. The van der Waals surface area contributed by atoms with Gasteiger partial charge in [-0.05, 0) is 36.3 Å². The average Bonchev–Trinajstić information content (AvgIpc) is 3.40. The first-order chi connectivity index (χ1) is 15.6. The maximum absolute atomic E-state index is 13.3. The van der Waals surface area contributed by atoms with Crippen LogP contribution in [0.2, 0.25) is 0 Å². The molecule has 2 aromatic carbocycles. The lowest BCUT2D eigenvalue weighted by Gasteiger charge is -2.37. The van der Waals surface area contributed by atoms with Gasteiger partial charge in [-0.3, -0.25) is 4.79 Å². The van der Waals surface area contributed by atoms with E-state index < -0.39 is 5.41 Å². The van der Waals surface area contributed by atoms with Gasteiger partial charge in [-0.1, -0.05) is 60.7 Å². The zero-order chi connectivity index (χ0) is 22.1. The van der Waals surface area contributed by atoms with Crippen molar-refractivity contribution < 1.29 is 31.1 Å². The van der Waals surface area contributed by atoms with E-state index in [1.165, 1.54) is 5.82 Å². The van der Waals surface area contributed by atoms with Crippen molar-refractivity contribution in [3.63, 3.8) is 0 Å². The van der Waals surface area contributed by atoms with Crippen molar-refractivity contribution in [3.8, 4) is 0 Å². The zero-order valence-corrected chi connectivity index (χ0v) is 20.7. The van der Waals surface area contributed by atoms with Gasteiger partial charge in [0.15, 0.2) is 0 Å². The Balaban J connectivity index is 0.00000259. The number of hydrogen-bond acceptors (Lipinski definition) is 2. The molecule has 5 nitrogen and oxygen atoms in total. The van der Waals surface area contributed by atoms with E-state index in [-0.39, 0.29) is 28.8 Å². The minimum Gasteiger partial charge on any atom is -1.00 e. The molecule has 2 heterocycles. The number of nitrogens with two attached hydrogens (primary N) is 1. The van der Waals surface area contributed by atoms with Crippen molar-refractivity contribution in [2.75, 3.05) is 6.61 Å². The number of aromatic nitrogens is 2. The standard InChI is InChI=1S/C27H31N3O2.BrH/c1-20-29(15-14-25-19-32-25)16-17-30(20)24-13-12-23(18-24)27(26(28)31,21-8-4-2-5-9-21)22-10-6-3-7-11-22;/h2-11,16-17,23-25H,12-15,18-19H2,1H3,(H-,28,31);1H. The van der Waals surface area contributed by atoms with Gasteiger partial charge in [-0.25, -0.2) is 9.13 Å². The molecule has 1 aliphatic heterocycles. The number of epoxide rings is 1. The average molecular weight is 510 g/mol. The van der Waals surface area contributed by atoms with Gasteiger partial charge in [0.2, 0.25) is 5.91 Å². The molecule has 5 rings (SSSR count). The normalized spacial score (nSPS) is 22.0. The maximum atomic E-state index is 13.3. The fourth-order valence-corrected chi connectivity index (χ4v) is 5.79. The van der Waals surface area contributed by atoms with Crippen molar-refractivity contribution in [2.45, 2.75) is 56.7 Å². The van der Waals surface area contributed by atoms with E-state index in [9.17, 15) is 4.79 Å². The van der Waals surface area contributed by atoms with E-state index in [0.717, 1.165) is 50.0 Å². The summed E-state index contributed by atoms with van der Waals surface area (Å²) >= 11 is 0. The van der Waals surface area contributed by atoms with Crippen molar-refractivity contribution in [1.82, 2.24) is 4.57 Å². The van der Waals surface area contributed by atoms with Crippen LogP contribution in [-0.4, -0.2) is 23.2 Å². The molecule has 3 aromatic rings. The lowest BCUT2D eigenvalue weighted by atomic mass is 9.64. The molecule has 33 heavy (non-hydrogen) atoms. The summed E-state index contributed by atoms with van der Waals surface area (Å²) in [7, 11) is 0. The molecule has 6 heteroatoms. The second kappa shape index (κ2) is 9.82. The third kappa shape index (κ3) is 4.38. The number of hydrogen-bond donors (Lipinski definition) is 1. The number of carbonyl (C=O) groups excluding carboxylic acids is 1. The summed E-state index contributed by atoms with van der Waals surface area (Å²) in [6, 6.07) is 20.6.